The quantitative estimate of drug-likeness (QED) is 0.223. The largest absolute Gasteiger partial charge is 0.454 e. The summed E-state index contributed by atoms with van der Waals surface area (Å²) in [6.45, 7) is 2.77. The fraction of sp³-hybridized carbons (Fsp3) is 0.321. The maximum absolute atomic E-state index is 13.4. The average molecular weight is 597 g/mol. The van der Waals surface area contributed by atoms with Gasteiger partial charge in [-0.05, 0) is 92.9 Å². The Morgan fingerprint density at radius 3 is 2.44 bits per heavy atom. The highest BCUT2D eigenvalue weighted by atomic mass is 35.5. The molecule has 0 aromatic heterocycles. The van der Waals surface area contributed by atoms with Gasteiger partial charge in [-0.2, -0.15) is 0 Å². The molecule has 0 saturated carbocycles. The summed E-state index contributed by atoms with van der Waals surface area (Å²) in [6.07, 6.45) is 5.61. The third-order valence-electron chi connectivity index (χ3n) is 6.46. The lowest BCUT2D eigenvalue weighted by atomic mass is 9.92. The number of carbonyl (C=O) groups excluding carboxylic acids is 1. The Kier molecular flexibility index (Phi) is 11.4. The van der Waals surface area contributed by atoms with E-state index in [9.17, 15) is 17.6 Å². The molecule has 11 heteroatoms. The van der Waals surface area contributed by atoms with Crippen LogP contribution in [0.3, 0.4) is 0 Å². The van der Waals surface area contributed by atoms with E-state index in [0.29, 0.717) is 12.1 Å². The zero-order chi connectivity index (χ0) is 27.0. The maximum Gasteiger partial charge on any atom is 0.262 e. The number of hydrogen-bond acceptors (Lipinski definition) is 5. The van der Waals surface area contributed by atoms with E-state index in [4.69, 9.17) is 16.3 Å². The number of rotatable bonds is 11. The summed E-state index contributed by atoms with van der Waals surface area (Å²) in [5.74, 6) is 0.399. The van der Waals surface area contributed by atoms with Crippen LogP contribution < -0.4 is 20.1 Å². The third-order valence-corrected chi connectivity index (χ3v) is 8.13. The van der Waals surface area contributed by atoms with Gasteiger partial charge in [-0.25, -0.2) is 12.8 Å². The molecule has 1 saturated heterocycles. The Labute approximate surface area is 239 Å². The van der Waals surface area contributed by atoms with Crippen LogP contribution in [0.2, 0.25) is 5.02 Å². The molecule has 210 valence electrons. The van der Waals surface area contributed by atoms with E-state index in [1.54, 1.807) is 18.2 Å². The third kappa shape index (κ3) is 8.83. The number of amides is 1. The van der Waals surface area contributed by atoms with Crippen LogP contribution in [-0.4, -0.2) is 34.0 Å². The van der Waals surface area contributed by atoms with E-state index < -0.39 is 15.8 Å². The normalized spacial score (nSPS) is 13.8. The molecule has 0 atom stereocenters. The van der Waals surface area contributed by atoms with Crippen molar-refractivity contribution in [1.82, 2.24) is 10.6 Å². The summed E-state index contributed by atoms with van der Waals surface area (Å²) >= 11 is 6.04. The number of sulfonamides is 1. The van der Waals surface area contributed by atoms with Gasteiger partial charge in [0, 0.05) is 12.1 Å². The Bertz CT molecular complexity index is 1350. The summed E-state index contributed by atoms with van der Waals surface area (Å²) in [7, 11) is -3.98. The topological polar surface area (TPSA) is 96.5 Å². The van der Waals surface area contributed by atoms with Crippen LogP contribution in [0.5, 0.6) is 11.5 Å². The van der Waals surface area contributed by atoms with Gasteiger partial charge in [0.1, 0.15) is 11.6 Å². The second kappa shape index (κ2) is 14.5. The van der Waals surface area contributed by atoms with Crippen LogP contribution in [0.1, 0.15) is 42.5 Å². The molecule has 4 rings (SSSR count). The highest BCUT2D eigenvalue weighted by Gasteiger charge is 2.18. The number of benzene rings is 3. The summed E-state index contributed by atoms with van der Waals surface area (Å²) in [5, 5.41) is 6.33. The van der Waals surface area contributed by atoms with Crippen LogP contribution in [0.4, 0.5) is 10.1 Å². The number of anilines is 1. The molecule has 0 unspecified atom stereocenters. The second-order valence-corrected chi connectivity index (χ2v) is 11.3. The van der Waals surface area contributed by atoms with Crippen LogP contribution >= 0.6 is 24.0 Å². The van der Waals surface area contributed by atoms with E-state index in [0.717, 1.165) is 37.9 Å². The van der Waals surface area contributed by atoms with Crippen molar-refractivity contribution < 1.29 is 22.3 Å². The minimum atomic E-state index is -3.98. The first kappa shape index (κ1) is 30.7. The average Bonchev–Trinajstić information content (AvgIpc) is 2.91. The molecule has 0 radical (unpaired) electrons. The molecular weight excluding hydrogens is 564 g/mol. The van der Waals surface area contributed by atoms with E-state index in [-0.39, 0.29) is 45.4 Å². The van der Waals surface area contributed by atoms with Crippen molar-refractivity contribution in [1.29, 1.82) is 0 Å². The molecule has 7 nitrogen and oxygen atoms in total. The SMILES string of the molecule is Cl.O=C(NCCCCC1CCNCC1)c1ccc(S(=O)(=O)Nc2ccccc2Oc2ccc(F)cc2Cl)cc1. The number of piperidine rings is 1. The molecule has 1 fully saturated rings. The van der Waals surface area contributed by atoms with Crippen molar-refractivity contribution in [3.8, 4) is 11.5 Å². The molecule has 1 aliphatic rings. The van der Waals surface area contributed by atoms with Crippen molar-refractivity contribution in [2.75, 3.05) is 24.4 Å². The Hall–Kier alpha value is -2.85. The van der Waals surface area contributed by atoms with Crippen molar-refractivity contribution >= 4 is 45.6 Å². The first-order chi connectivity index (χ1) is 18.3. The minimum absolute atomic E-state index is 0. The van der Waals surface area contributed by atoms with Crippen LogP contribution in [0.25, 0.3) is 0 Å². The molecule has 3 aromatic carbocycles. The van der Waals surface area contributed by atoms with Gasteiger partial charge >= 0.3 is 0 Å². The summed E-state index contributed by atoms with van der Waals surface area (Å²) in [6, 6.07) is 15.8. The van der Waals surface area contributed by atoms with Crippen molar-refractivity contribution in [2.45, 2.75) is 37.0 Å². The van der Waals surface area contributed by atoms with Gasteiger partial charge in [-0.3, -0.25) is 9.52 Å². The standard InChI is InChI=1S/C28H31ClFN3O4S.ClH/c29-24-19-22(30)10-13-26(24)37-27-7-2-1-6-25(27)33-38(35,36)23-11-8-21(9-12-23)28(34)32-16-4-3-5-20-14-17-31-18-15-20;/h1-2,6-13,19-20,31,33H,3-5,14-18H2,(H,32,34);1H. The Balaban J connectivity index is 0.00000420. The van der Waals surface area contributed by atoms with Gasteiger partial charge < -0.3 is 15.4 Å². The van der Waals surface area contributed by atoms with Gasteiger partial charge in [0.05, 0.1) is 15.6 Å². The molecule has 3 N–H and O–H groups in total. The van der Waals surface area contributed by atoms with E-state index in [1.165, 1.54) is 61.7 Å². The fourth-order valence-corrected chi connectivity index (χ4v) is 5.61. The molecule has 0 spiro atoms. The Morgan fingerprint density at radius 1 is 1.00 bits per heavy atom. The zero-order valence-corrected chi connectivity index (χ0v) is 23.7. The van der Waals surface area contributed by atoms with Crippen molar-refractivity contribution in [3.05, 3.63) is 83.1 Å². The molecule has 1 amide bonds. The van der Waals surface area contributed by atoms with E-state index in [1.807, 2.05) is 0 Å². The van der Waals surface area contributed by atoms with Gasteiger partial charge in [-0.15, -0.1) is 12.4 Å². The van der Waals surface area contributed by atoms with Crippen molar-refractivity contribution in [2.24, 2.45) is 5.92 Å². The van der Waals surface area contributed by atoms with Crippen LogP contribution in [-0.2, 0) is 10.0 Å². The van der Waals surface area contributed by atoms with Gasteiger partial charge in [0.2, 0.25) is 0 Å². The predicted molar refractivity (Wildman–Crippen MR) is 154 cm³/mol. The molecule has 39 heavy (non-hydrogen) atoms. The van der Waals surface area contributed by atoms with Gasteiger partial charge in [-0.1, -0.05) is 36.6 Å². The predicted octanol–water partition coefficient (Wildman–Crippen LogP) is 6.39. The zero-order valence-electron chi connectivity index (χ0n) is 21.3. The fourth-order valence-electron chi connectivity index (χ4n) is 4.34. The van der Waals surface area contributed by atoms with Crippen molar-refractivity contribution in [3.63, 3.8) is 0 Å². The first-order valence-electron chi connectivity index (χ1n) is 12.7. The molecule has 1 aliphatic heterocycles. The number of ether oxygens (including phenoxy) is 1. The van der Waals surface area contributed by atoms with Crippen LogP contribution in [0, 0.1) is 11.7 Å². The number of para-hydroxylation sites is 2. The number of nitrogens with one attached hydrogen (secondary N) is 3. The van der Waals surface area contributed by atoms with Gasteiger partial charge in [0.15, 0.2) is 5.75 Å². The van der Waals surface area contributed by atoms with Gasteiger partial charge in [0.25, 0.3) is 15.9 Å². The van der Waals surface area contributed by atoms with E-state index in [2.05, 4.69) is 15.4 Å². The van der Waals surface area contributed by atoms with Crippen LogP contribution in [0.15, 0.2) is 71.6 Å². The molecule has 0 bridgehead atoms. The highest BCUT2D eigenvalue weighted by molar-refractivity contribution is 7.92. The first-order valence-corrected chi connectivity index (χ1v) is 14.5. The monoisotopic (exact) mass is 595 g/mol. The molecule has 0 aliphatic carbocycles. The summed E-state index contributed by atoms with van der Waals surface area (Å²) in [4.78, 5) is 12.5. The lowest BCUT2D eigenvalue weighted by molar-refractivity contribution is 0.0952. The minimum Gasteiger partial charge on any atom is -0.454 e. The second-order valence-electron chi connectivity index (χ2n) is 9.25. The van der Waals surface area contributed by atoms with E-state index >= 15 is 0 Å². The number of hydrogen-bond donors (Lipinski definition) is 3. The lowest BCUT2D eigenvalue weighted by Crippen LogP contribution is -2.28. The molecular formula is C28H32Cl2FN3O4S. The smallest absolute Gasteiger partial charge is 0.262 e. The Morgan fingerprint density at radius 2 is 1.72 bits per heavy atom. The summed E-state index contributed by atoms with van der Waals surface area (Å²) < 4.78 is 47.6. The summed E-state index contributed by atoms with van der Waals surface area (Å²) in [5.41, 5.74) is 0.566. The highest BCUT2D eigenvalue weighted by Crippen LogP contribution is 2.35. The molecule has 3 aromatic rings. The lowest BCUT2D eigenvalue weighted by Gasteiger charge is -2.22. The number of halogens is 3. The number of carbonyl (C=O) groups is 1. The maximum atomic E-state index is 13.4. The number of unbranched alkanes of at least 4 members (excludes halogenated alkanes) is 1. The molecule has 1 heterocycles.